The monoisotopic (exact) mass is 316 g/mol. The molecule has 1 saturated heterocycles. The van der Waals surface area contributed by atoms with Crippen molar-refractivity contribution in [3.05, 3.63) is 28.2 Å². The van der Waals surface area contributed by atoms with Gasteiger partial charge in [-0.25, -0.2) is 0 Å². The lowest BCUT2D eigenvalue weighted by molar-refractivity contribution is 0.673. The summed E-state index contributed by atoms with van der Waals surface area (Å²) in [5.41, 5.74) is 8.17. The topological polar surface area (TPSA) is 46.3 Å². The molecule has 0 radical (unpaired) electrons. The predicted octanol–water partition coefficient (Wildman–Crippen LogP) is 1.52. The van der Waals surface area contributed by atoms with E-state index in [9.17, 15) is 4.21 Å². The van der Waals surface area contributed by atoms with Crippen LogP contribution in [-0.2, 0) is 17.2 Å². The highest BCUT2D eigenvalue weighted by molar-refractivity contribution is 9.10. The Morgan fingerprint density at radius 1 is 1.35 bits per heavy atom. The smallest absolute Gasteiger partial charge is 0.0411 e. The zero-order valence-electron chi connectivity index (χ0n) is 9.69. The molecule has 0 aromatic heterocycles. The van der Waals surface area contributed by atoms with Gasteiger partial charge in [0.05, 0.1) is 0 Å². The van der Waals surface area contributed by atoms with Crippen LogP contribution in [0.25, 0.3) is 0 Å². The van der Waals surface area contributed by atoms with E-state index in [1.165, 1.54) is 11.3 Å². The molecule has 0 spiro atoms. The van der Waals surface area contributed by atoms with Crippen molar-refractivity contribution < 1.29 is 4.21 Å². The van der Waals surface area contributed by atoms with Crippen LogP contribution in [0.15, 0.2) is 22.7 Å². The summed E-state index contributed by atoms with van der Waals surface area (Å²) in [5.74, 6) is 1.55. The molecule has 3 nitrogen and oxygen atoms in total. The summed E-state index contributed by atoms with van der Waals surface area (Å²) in [4.78, 5) is 2.32. The van der Waals surface area contributed by atoms with Gasteiger partial charge in [0.2, 0.25) is 0 Å². The van der Waals surface area contributed by atoms with Gasteiger partial charge in [0.25, 0.3) is 0 Å². The largest absolute Gasteiger partial charge is 0.369 e. The molecular weight excluding hydrogens is 300 g/mol. The van der Waals surface area contributed by atoms with Gasteiger partial charge in [-0.05, 0) is 36.7 Å². The molecule has 2 N–H and O–H groups in total. The van der Waals surface area contributed by atoms with Crippen LogP contribution in [-0.4, -0.2) is 35.3 Å². The minimum Gasteiger partial charge on any atom is -0.369 e. The molecule has 1 aromatic rings. The highest BCUT2D eigenvalue weighted by Gasteiger charge is 2.17. The lowest BCUT2D eigenvalue weighted by atomic mass is 10.1. The first-order valence-corrected chi connectivity index (χ1v) is 8.07. The van der Waals surface area contributed by atoms with E-state index in [1.807, 2.05) is 0 Å². The fourth-order valence-corrected chi connectivity index (χ4v) is 3.56. The molecule has 1 aliphatic heterocycles. The van der Waals surface area contributed by atoms with Crippen LogP contribution in [0.1, 0.15) is 5.56 Å². The summed E-state index contributed by atoms with van der Waals surface area (Å²) in [6.07, 6.45) is 0.883. The van der Waals surface area contributed by atoms with Gasteiger partial charge in [0.15, 0.2) is 0 Å². The summed E-state index contributed by atoms with van der Waals surface area (Å²) >= 11 is 3.49. The minimum absolute atomic E-state index is 0.625. The van der Waals surface area contributed by atoms with Crippen LogP contribution >= 0.6 is 15.9 Å². The Kier molecular flexibility index (Phi) is 4.59. The van der Waals surface area contributed by atoms with Crippen LogP contribution in [0.2, 0.25) is 0 Å². The van der Waals surface area contributed by atoms with Gasteiger partial charge < -0.3 is 10.6 Å². The first-order valence-electron chi connectivity index (χ1n) is 5.79. The van der Waals surface area contributed by atoms with E-state index in [1.54, 1.807) is 0 Å². The number of nitrogens with zero attached hydrogens (tertiary/aromatic N) is 1. The Morgan fingerprint density at radius 2 is 2.06 bits per heavy atom. The fraction of sp³-hybridized carbons (Fsp3) is 0.500. The predicted molar refractivity (Wildman–Crippen MR) is 77.0 cm³/mol. The van der Waals surface area contributed by atoms with Crippen LogP contribution in [0.5, 0.6) is 0 Å². The van der Waals surface area contributed by atoms with Crippen molar-refractivity contribution in [2.24, 2.45) is 5.73 Å². The molecule has 17 heavy (non-hydrogen) atoms. The van der Waals surface area contributed by atoms with Crippen molar-refractivity contribution in [3.63, 3.8) is 0 Å². The Hall–Kier alpha value is -0.390. The van der Waals surface area contributed by atoms with Crippen molar-refractivity contribution in [1.29, 1.82) is 0 Å². The normalized spacial score (nSPS) is 17.4. The van der Waals surface area contributed by atoms with Crippen LogP contribution < -0.4 is 10.6 Å². The number of rotatable bonds is 3. The van der Waals surface area contributed by atoms with Crippen molar-refractivity contribution >= 4 is 32.4 Å². The van der Waals surface area contributed by atoms with E-state index in [0.29, 0.717) is 6.54 Å². The zero-order valence-corrected chi connectivity index (χ0v) is 12.1. The number of hydrogen-bond acceptors (Lipinski definition) is 3. The lowest BCUT2D eigenvalue weighted by Gasteiger charge is -2.30. The standard InChI is InChI=1S/C12H17BrN2OS/c13-11-1-2-12(10(9-11)3-4-14)15-5-7-17(16)8-6-15/h1-2,9H,3-8,14H2. The first-order chi connectivity index (χ1) is 8.20. The van der Waals surface area contributed by atoms with E-state index >= 15 is 0 Å². The van der Waals surface area contributed by atoms with Gasteiger partial charge >= 0.3 is 0 Å². The van der Waals surface area contributed by atoms with E-state index in [4.69, 9.17) is 5.73 Å². The summed E-state index contributed by atoms with van der Waals surface area (Å²) in [6.45, 7) is 2.42. The molecule has 0 bridgehead atoms. The third-order valence-corrected chi connectivity index (χ3v) is 4.74. The highest BCUT2D eigenvalue weighted by atomic mass is 79.9. The second kappa shape index (κ2) is 5.98. The number of nitrogens with two attached hydrogens (primary N) is 1. The summed E-state index contributed by atoms with van der Waals surface area (Å²) in [6, 6.07) is 6.32. The Labute approximate surface area is 113 Å². The molecule has 1 aromatic carbocycles. The van der Waals surface area contributed by atoms with Gasteiger partial charge in [0, 0.05) is 45.6 Å². The molecule has 0 atom stereocenters. The maximum Gasteiger partial charge on any atom is 0.0411 e. The number of hydrogen-bond donors (Lipinski definition) is 1. The van der Waals surface area contributed by atoms with Gasteiger partial charge in [-0.1, -0.05) is 15.9 Å². The molecule has 1 heterocycles. The van der Waals surface area contributed by atoms with Crippen LogP contribution in [0, 0.1) is 0 Å². The lowest BCUT2D eigenvalue weighted by Crippen LogP contribution is -2.38. The third-order valence-electron chi connectivity index (χ3n) is 2.97. The third kappa shape index (κ3) is 3.30. The molecule has 2 rings (SSSR count). The second-order valence-corrected chi connectivity index (χ2v) is 6.76. The zero-order chi connectivity index (χ0) is 12.3. The average molecular weight is 317 g/mol. The molecule has 5 heteroatoms. The maximum absolute atomic E-state index is 11.4. The van der Waals surface area contributed by atoms with Gasteiger partial charge in [-0.2, -0.15) is 0 Å². The molecule has 0 amide bonds. The Balaban J connectivity index is 2.21. The van der Waals surface area contributed by atoms with Crippen molar-refractivity contribution in [3.8, 4) is 0 Å². The van der Waals surface area contributed by atoms with Gasteiger partial charge in [0.1, 0.15) is 0 Å². The molecule has 0 saturated carbocycles. The van der Waals surface area contributed by atoms with Crippen molar-refractivity contribution in [2.75, 3.05) is 36.0 Å². The van der Waals surface area contributed by atoms with E-state index in [0.717, 1.165) is 35.5 Å². The highest BCUT2D eigenvalue weighted by Crippen LogP contribution is 2.25. The van der Waals surface area contributed by atoms with Gasteiger partial charge in [-0.3, -0.25) is 4.21 Å². The first kappa shape index (κ1) is 13.1. The van der Waals surface area contributed by atoms with E-state index in [2.05, 4.69) is 39.0 Å². The van der Waals surface area contributed by atoms with Gasteiger partial charge in [-0.15, -0.1) is 0 Å². The molecular formula is C12H17BrN2OS. The van der Waals surface area contributed by atoms with Crippen LogP contribution in [0.3, 0.4) is 0 Å². The Bertz CT molecular complexity index is 415. The average Bonchev–Trinajstić information content (AvgIpc) is 2.31. The van der Waals surface area contributed by atoms with Crippen molar-refractivity contribution in [2.45, 2.75) is 6.42 Å². The van der Waals surface area contributed by atoms with Crippen molar-refractivity contribution in [1.82, 2.24) is 0 Å². The SMILES string of the molecule is NCCc1cc(Br)ccc1N1CCS(=O)CC1. The van der Waals surface area contributed by atoms with E-state index in [-0.39, 0.29) is 0 Å². The fourth-order valence-electron chi connectivity index (χ4n) is 2.10. The molecule has 1 aliphatic rings. The van der Waals surface area contributed by atoms with E-state index < -0.39 is 10.8 Å². The number of halogens is 1. The summed E-state index contributed by atoms with van der Waals surface area (Å²) < 4.78 is 12.4. The van der Waals surface area contributed by atoms with Crippen LogP contribution in [0.4, 0.5) is 5.69 Å². The second-order valence-electron chi connectivity index (χ2n) is 4.15. The molecule has 0 unspecified atom stereocenters. The minimum atomic E-state index is -0.625. The number of benzene rings is 1. The Morgan fingerprint density at radius 3 is 2.71 bits per heavy atom. The molecule has 94 valence electrons. The number of anilines is 1. The quantitative estimate of drug-likeness (QED) is 0.919. The summed E-state index contributed by atoms with van der Waals surface area (Å²) in [5, 5.41) is 0. The molecule has 1 fully saturated rings. The summed E-state index contributed by atoms with van der Waals surface area (Å²) in [7, 11) is -0.625. The molecule has 0 aliphatic carbocycles. The maximum atomic E-state index is 11.4.